The number of nitrogens with two attached hydrogens (primary N) is 1. The second-order valence-electron chi connectivity index (χ2n) is 7.18. The predicted octanol–water partition coefficient (Wildman–Crippen LogP) is 3.94. The number of fused-ring (bicyclic) bond motifs is 1. The number of para-hydroxylation sites is 1. The zero-order valence-corrected chi connectivity index (χ0v) is 19.1. The molecule has 0 aliphatic carbocycles. The fourth-order valence-electron chi connectivity index (χ4n) is 3.25. The summed E-state index contributed by atoms with van der Waals surface area (Å²) in [5.41, 5.74) is 1.01. The lowest BCUT2D eigenvalue weighted by molar-refractivity contribution is 0.102. The van der Waals surface area contributed by atoms with Gasteiger partial charge in [0.25, 0.3) is 5.91 Å². The number of nitrogens with zero attached hydrogens (tertiary/aromatic N) is 1. The number of rotatable bonds is 7. The Morgan fingerprint density at radius 1 is 0.912 bits per heavy atom. The molecule has 3 aromatic carbocycles. The summed E-state index contributed by atoms with van der Waals surface area (Å²) in [7, 11) is -0.906. The van der Waals surface area contributed by atoms with Gasteiger partial charge in [0.15, 0.2) is 11.5 Å². The van der Waals surface area contributed by atoms with E-state index in [0.717, 1.165) is 5.39 Å². The predicted molar refractivity (Wildman–Crippen MR) is 127 cm³/mol. The highest BCUT2D eigenvalue weighted by molar-refractivity contribution is 7.89. The van der Waals surface area contributed by atoms with Gasteiger partial charge in [-0.2, -0.15) is 0 Å². The van der Waals surface area contributed by atoms with Gasteiger partial charge in [-0.15, -0.1) is 0 Å². The molecule has 0 atom stereocenters. The van der Waals surface area contributed by atoms with Crippen LogP contribution in [-0.4, -0.2) is 33.5 Å². The van der Waals surface area contributed by atoms with Gasteiger partial charge in [0.05, 0.1) is 24.6 Å². The maximum absolute atomic E-state index is 13.2. The average Bonchev–Trinajstić information content (AvgIpc) is 2.83. The standard InChI is InChI=1S/C24H21N3O6S/c1-31-17-10-11-21(22(14-17)32-2)33-24-19(12-15-6-3-4-9-20(15)27-24)23(28)26-16-7-5-8-18(13-16)34(25,29)30/h3-14H,1-2H3,(H,26,28)(H2,25,29,30). The van der Waals surface area contributed by atoms with Gasteiger partial charge in [-0.25, -0.2) is 18.5 Å². The van der Waals surface area contributed by atoms with Gasteiger partial charge < -0.3 is 19.5 Å². The summed E-state index contributed by atoms with van der Waals surface area (Å²) in [5, 5.41) is 8.60. The molecule has 0 fully saturated rings. The Kier molecular flexibility index (Phi) is 6.35. The van der Waals surface area contributed by atoms with E-state index in [0.29, 0.717) is 22.8 Å². The van der Waals surface area contributed by atoms with Gasteiger partial charge in [-0.1, -0.05) is 24.3 Å². The molecule has 0 aliphatic heterocycles. The van der Waals surface area contributed by atoms with Crippen LogP contribution < -0.4 is 24.7 Å². The number of anilines is 1. The van der Waals surface area contributed by atoms with Crippen LogP contribution in [0.2, 0.25) is 0 Å². The number of carbonyl (C=O) groups is 1. The molecule has 0 spiro atoms. The van der Waals surface area contributed by atoms with Crippen molar-refractivity contribution < 1.29 is 27.4 Å². The normalized spacial score (nSPS) is 11.1. The van der Waals surface area contributed by atoms with Crippen LogP contribution >= 0.6 is 0 Å². The quantitative estimate of drug-likeness (QED) is 0.410. The molecule has 4 aromatic rings. The van der Waals surface area contributed by atoms with Crippen molar-refractivity contribution in [3.63, 3.8) is 0 Å². The number of nitrogens with one attached hydrogen (secondary N) is 1. The Bertz CT molecular complexity index is 1490. The second kappa shape index (κ2) is 9.38. The van der Waals surface area contributed by atoms with Gasteiger partial charge in [0, 0.05) is 17.1 Å². The lowest BCUT2D eigenvalue weighted by Gasteiger charge is -2.15. The first kappa shape index (κ1) is 23.0. The molecule has 1 amide bonds. The molecule has 4 rings (SSSR count). The molecule has 0 radical (unpaired) electrons. The largest absolute Gasteiger partial charge is 0.497 e. The maximum Gasteiger partial charge on any atom is 0.261 e. The lowest BCUT2D eigenvalue weighted by Crippen LogP contribution is -2.16. The van der Waals surface area contributed by atoms with Crippen LogP contribution in [-0.2, 0) is 10.0 Å². The van der Waals surface area contributed by atoms with E-state index in [9.17, 15) is 13.2 Å². The Balaban J connectivity index is 1.75. The molecule has 0 unspecified atom stereocenters. The van der Waals surface area contributed by atoms with Crippen LogP contribution in [0.5, 0.6) is 23.1 Å². The molecule has 0 saturated carbocycles. The Morgan fingerprint density at radius 2 is 1.71 bits per heavy atom. The van der Waals surface area contributed by atoms with E-state index in [1.165, 1.54) is 32.4 Å². The third-order valence-electron chi connectivity index (χ3n) is 4.93. The van der Waals surface area contributed by atoms with Crippen molar-refractivity contribution in [2.75, 3.05) is 19.5 Å². The molecular weight excluding hydrogens is 458 g/mol. The monoisotopic (exact) mass is 479 g/mol. The van der Waals surface area contributed by atoms with Gasteiger partial charge in [0.1, 0.15) is 11.3 Å². The number of primary sulfonamides is 1. The molecule has 1 aromatic heterocycles. The highest BCUT2D eigenvalue weighted by Crippen LogP contribution is 2.36. The summed E-state index contributed by atoms with van der Waals surface area (Å²) in [6.45, 7) is 0. The molecule has 0 aliphatic rings. The first-order chi connectivity index (χ1) is 16.3. The number of hydrogen-bond donors (Lipinski definition) is 2. The van der Waals surface area contributed by atoms with E-state index < -0.39 is 15.9 Å². The van der Waals surface area contributed by atoms with Crippen LogP contribution in [0.3, 0.4) is 0 Å². The van der Waals surface area contributed by atoms with Gasteiger partial charge >= 0.3 is 0 Å². The van der Waals surface area contributed by atoms with E-state index in [1.54, 1.807) is 36.4 Å². The number of ether oxygens (including phenoxy) is 3. The van der Waals surface area contributed by atoms with Crippen LogP contribution in [0.15, 0.2) is 77.7 Å². The van der Waals surface area contributed by atoms with E-state index in [-0.39, 0.29) is 22.0 Å². The average molecular weight is 480 g/mol. The molecule has 174 valence electrons. The summed E-state index contributed by atoms with van der Waals surface area (Å²) in [6.07, 6.45) is 0. The Morgan fingerprint density at radius 3 is 2.44 bits per heavy atom. The third kappa shape index (κ3) is 4.92. The molecule has 9 nitrogen and oxygen atoms in total. The maximum atomic E-state index is 13.2. The smallest absolute Gasteiger partial charge is 0.261 e. The first-order valence-electron chi connectivity index (χ1n) is 10.0. The van der Waals surface area contributed by atoms with Gasteiger partial charge in [-0.3, -0.25) is 4.79 Å². The summed E-state index contributed by atoms with van der Waals surface area (Å²) < 4.78 is 39.9. The molecule has 0 bridgehead atoms. The van der Waals surface area contributed by atoms with E-state index in [1.807, 2.05) is 18.2 Å². The van der Waals surface area contributed by atoms with Crippen molar-refractivity contribution in [1.82, 2.24) is 4.98 Å². The fourth-order valence-corrected chi connectivity index (χ4v) is 3.81. The number of carbonyl (C=O) groups excluding carboxylic acids is 1. The minimum atomic E-state index is -3.93. The fraction of sp³-hybridized carbons (Fsp3) is 0.0833. The van der Waals surface area contributed by atoms with Crippen molar-refractivity contribution in [2.45, 2.75) is 4.90 Å². The molecule has 34 heavy (non-hydrogen) atoms. The number of benzene rings is 3. The minimum absolute atomic E-state index is 0.0438. The van der Waals surface area contributed by atoms with E-state index in [2.05, 4.69) is 10.3 Å². The van der Waals surface area contributed by atoms with Crippen LogP contribution in [0, 0.1) is 0 Å². The van der Waals surface area contributed by atoms with Gasteiger partial charge in [0.2, 0.25) is 15.9 Å². The SMILES string of the molecule is COc1ccc(Oc2nc3ccccc3cc2C(=O)Nc2cccc(S(N)(=O)=O)c2)c(OC)c1. The number of sulfonamides is 1. The zero-order chi connectivity index (χ0) is 24.3. The lowest BCUT2D eigenvalue weighted by atomic mass is 10.1. The van der Waals surface area contributed by atoms with Gasteiger partial charge in [-0.05, 0) is 42.5 Å². The number of hydrogen-bond acceptors (Lipinski definition) is 7. The number of aromatic nitrogens is 1. The van der Waals surface area contributed by atoms with Crippen molar-refractivity contribution in [3.05, 3.63) is 78.4 Å². The topological polar surface area (TPSA) is 130 Å². The molecule has 3 N–H and O–H groups in total. The van der Waals surface area contributed by atoms with Crippen molar-refractivity contribution >= 4 is 32.5 Å². The Labute approximate surface area is 196 Å². The number of amides is 1. The van der Waals surface area contributed by atoms with Crippen LogP contribution in [0.1, 0.15) is 10.4 Å². The van der Waals surface area contributed by atoms with Crippen molar-refractivity contribution in [3.8, 4) is 23.1 Å². The first-order valence-corrected chi connectivity index (χ1v) is 11.6. The van der Waals surface area contributed by atoms with Crippen LogP contribution in [0.4, 0.5) is 5.69 Å². The molecule has 1 heterocycles. The third-order valence-corrected chi connectivity index (χ3v) is 5.84. The number of pyridine rings is 1. The zero-order valence-electron chi connectivity index (χ0n) is 18.3. The summed E-state index contributed by atoms with van der Waals surface area (Å²) in [6, 6.07) is 19.5. The summed E-state index contributed by atoms with van der Waals surface area (Å²) in [4.78, 5) is 17.6. The van der Waals surface area contributed by atoms with Crippen LogP contribution in [0.25, 0.3) is 10.9 Å². The highest BCUT2D eigenvalue weighted by Gasteiger charge is 2.19. The van der Waals surface area contributed by atoms with Crippen molar-refractivity contribution in [2.24, 2.45) is 5.14 Å². The summed E-state index contributed by atoms with van der Waals surface area (Å²) in [5.74, 6) is 0.788. The number of methoxy groups -OCH3 is 2. The summed E-state index contributed by atoms with van der Waals surface area (Å²) >= 11 is 0. The molecule has 0 saturated heterocycles. The van der Waals surface area contributed by atoms with E-state index >= 15 is 0 Å². The molecule has 10 heteroatoms. The second-order valence-corrected chi connectivity index (χ2v) is 8.74. The van der Waals surface area contributed by atoms with E-state index in [4.69, 9.17) is 19.3 Å². The Hall–Kier alpha value is -4.15. The minimum Gasteiger partial charge on any atom is -0.497 e. The highest BCUT2D eigenvalue weighted by atomic mass is 32.2. The molecular formula is C24H21N3O6S. The van der Waals surface area contributed by atoms with Crippen molar-refractivity contribution in [1.29, 1.82) is 0 Å².